The number of hydrogen-bond acceptors (Lipinski definition) is 5. The highest BCUT2D eigenvalue weighted by Crippen LogP contribution is 2.33. The first-order chi connectivity index (χ1) is 10.3. The Kier molecular flexibility index (Phi) is 5.24. The second-order valence-electron chi connectivity index (χ2n) is 3.96. The molecule has 0 radical (unpaired) electrons. The quantitative estimate of drug-likeness (QED) is 0.613. The monoisotopic (exact) mass is 399 g/mol. The lowest BCUT2D eigenvalue weighted by Gasteiger charge is -2.10. The largest absolute Gasteiger partial charge is 0.465 e. The van der Waals surface area contributed by atoms with Crippen molar-refractivity contribution in [1.29, 1.82) is 0 Å². The van der Waals surface area contributed by atoms with E-state index < -0.39 is 16.0 Å². The number of esters is 1. The van der Waals surface area contributed by atoms with Gasteiger partial charge >= 0.3 is 5.97 Å². The lowest BCUT2D eigenvalue weighted by Crippen LogP contribution is -2.15. The van der Waals surface area contributed by atoms with Crippen LogP contribution in [0, 0.1) is 0 Å². The van der Waals surface area contributed by atoms with Crippen LogP contribution < -0.4 is 4.72 Å². The molecule has 0 aliphatic heterocycles. The van der Waals surface area contributed by atoms with Gasteiger partial charge in [0.25, 0.3) is 10.0 Å². The Bertz CT molecular complexity index is 833. The summed E-state index contributed by atoms with van der Waals surface area (Å²) < 4.78 is 31.7. The highest BCUT2D eigenvalue weighted by molar-refractivity contribution is 7.92. The molecule has 0 saturated heterocycles. The topological polar surface area (TPSA) is 72.5 Å². The molecular weight excluding hydrogens is 393 g/mol. The Balaban J connectivity index is 2.43. The molecule has 10 heteroatoms. The summed E-state index contributed by atoms with van der Waals surface area (Å²) >= 11 is 18.5. The molecule has 22 heavy (non-hydrogen) atoms. The third-order valence-electron chi connectivity index (χ3n) is 2.54. The highest BCUT2D eigenvalue weighted by atomic mass is 35.5. The molecular formula is C12H8Cl3NO4S2. The first kappa shape index (κ1) is 17.4. The van der Waals surface area contributed by atoms with Crippen molar-refractivity contribution in [3.05, 3.63) is 43.5 Å². The van der Waals surface area contributed by atoms with Crippen LogP contribution in [0.3, 0.4) is 0 Å². The smallest absolute Gasteiger partial charge is 0.350 e. The Labute approximate surface area is 145 Å². The number of carbonyl (C=O) groups is 1. The minimum atomic E-state index is -4.04. The van der Waals surface area contributed by atoms with Crippen molar-refractivity contribution in [2.45, 2.75) is 4.90 Å². The van der Waals surface area contributed by atoms with Crippen molar-refractivity contribution in [2.75, 3.05) is 11.8 Å². The number of sulfonamides is 1. The summed E-state index contributed by atoms with van der Waals surface area (Å²) in [7, 11) is -2.84. The highest BCUT2D eigenvalue weighted by Gasteiger charge is 2.23. The summed E-state index contributed by atoms with van der Waals surface area (Å²) in [6.45, 7) is 0. The number of nitrogens with one attached hydrogen (secondary N) is 1. The number of halogens is 3. The fourth-order valence-electron chi connectivity index (χ4n) is 1.55. The van der Waals surface area contributed by atoms with Gasteiger partial charge in [0.15, 0.2) is 0 Å². The first-order valence-electron chi connectivity index (χ1n) is 5.59. The Morgan fingerprint density at radius 3 is 2.45 bits per heavy atom. The number of rotatable bonds is 4. The van der Waals surface area contributed by atoms with E-state index in [1.165, 1.54) is 19.2 Å². The van der Waals surface area contributed by atoms with E-state index in [4.69, 9.17) is 34.8 Å². The van der Waals surface area contributed by atoms with Gasteiger partial charge in [0, 0.05) is 0 Å². The van der Waals surface area contributed by atoms with Crippen molar-refractivity contribution in [2.24, 2.45) is 0 Å². The second kappa shape index (κ2) is 6.64. The predicted molar refractivity (Wildman–Crippen MR) is 87.9 cm³/mol. The van der Waals surface area contributed by atoms with E-state index in [-0.39, 0.29) is 30.5 Å². The molecule has 1 heterocycles. The zero-order chi connectivity index (χ0) is 16.5. The molecule has 0 atom stereocenters. The molecule has 0 spiro atoms. The molecule has 1 N–H and O–H groups in total. The number of benzene rings is 1. The zero-order valence-corrected chi connectivity index (χ0v) is 14.8. The summed E-state index contributed by atoms with van der Waals surface area (Å²) in [5, 5.41) is 1.65. The van der Waals surface area contributed by atoms with E-state index >= 15 is 0 Å². The van der Waals surface area contributed by atoms with Crippen molar-refractivity contribution < 1.29 is 17.9 Å². The van der Waals surface area contributed by atoms with E-state index in [2.05, 4.69) is 9.46 Å². The standard InChI is InChI=1S/C12H8Cl3NO4S2/c1-20-12(17)11-9(2-3-21-11)16-22(18,19)10-5-7(14)6(13)4-8(10)15/h2-5,16H,1H3. The van der Waals surface area contributed by atoms with Crippen LogP contribution in [0.15, 0.2) is 28.5 Å². The summed E-state index contributed by atoms with van der Waals surface area (Å²) in [4.78, 5) is 11.5. The lowest BCUT2D eigenvalue weighted by atomic mass is 10.4. The summed E-state index contributed by atoms with van der Waals surface area (Å²) in [6, 6.07) is 3.81. The van der Waals surface area contributed by atoms with E-state index in [1.54, 1.807) is 5.38 Å². The van der Waals surface area contributed by atoms with Gasteiger partial charge in [0.2, 0.25) is 0 Å². The van der Waals surface area contributed by atoms with Crippen molar-refractivity contribution in [1.82, 2.24) is 0 Å². The average Bonchev–Trinajstić information content (AvgIpc) is 2.89. The van der Waals surface area contributed by atoms with Crippen LogP contribution in [-0.2, 0) is 14.8 Å². The lowest BCUT2D eigenvalue weighted by molar-refractivity contribution is 0.0607. The number of thiophene rings is 1. The first-order valence-corrected chi connectivity index (χ1v) is 9.09. The number of hydrogen-bond donors (Lipinski definition) is 1. The molecule has 5 nitrogen and oxygen atoms in total. The number of methoxy groups -OCH3 is 1. The zero-order valence-electron chi connectivity index (χ0n) is 10.9. The minimum absolute atomic E-state index is 0.0463. The van der Waals surface area contributed by atoms with Gasteiger partial charge in [-0.15, -0.1) is 11.3 Å². The predicted octanol–water partition coefficient (Wildman–Crippen LogP) is 4.30. The molecule has 0 aliphatic carbocycles. The molecule has 1 aromatic carbocycles. The van der Waals surface area contributed by atoms with E-state index in [1.807, 2.05) is 0 Å². The Morgan fingerprint density at radius 1 is 1.18 bits per heavy atom. The van der Waals surface area contributed by atoms with E-state index in [0.717, 1.165) is 17.4 Å². The molecule has 0 bridgehead atoms. The van der Waals surface area contributed by atoms with E-state index in [9.17, 15) is 13.2 Å². The van der Waals surface area contributed by atoms with Crippen LogP contribution in [0.2, 0.25) is 15.1 Å². The molecule has 0 saturated carbocycles. The molecule has 0 amide bonds. The van der Waals surface area contributed by atoms with Gasteiger partial charge in [-0.25, -0.2) is 13.2 Å². The summed E-state index contributed by atoms with van der Waals surface area (Å²) in [5.41, 5.74) is 0.0963. The third-order valence-corrected chi connectivity index (χ3v) is 5.99. The van der Waals surface area contributed by atoms with Gasteiger partial charge in [-0.2, -0.15) is 0 Å². The molecule has 0 unspecified atom stereocenters. The van der Waals surface area contributed by atoms with Gasteiger partial charge in [0.1, 0.15) is 9.77 Å². The molecule has 2 rings (SSSR count). The second-order valence-corrected chi connectivity index (χ2v) is 7.75. The van der Waals surface area contributed by atoms with Crippen molar-refractivity contribution in [3.63, 3.8) is 0 Å². The summed E-state index contributed by atoms with van der Waals surface area (Å²) in [5.74, 6) is -0.645. The normalized spacial score (nSPS) is 11.3. The van der Waals surface area contributed by atoms with Crippen molar-refractivity contribution in [3.8, 4) is 0 Å². The van der Waals surface area contributed by atoms with Gasteiger partial charge in [-0.3, -0.25) is 4.72 Å². The maximum Gasteiger partial charge on any atom is 0.350 e. The van der Waals surface area contributed by atoms with Crippen LogP contribution in [-0.4, -0.2) is 21.5 Å². The Hall–Kier alpha value is -0.990. The van der Waals surface area contributed by atoms with Gasteiger partial charge in [-0.05, 0) is 23.6 Å². The van der Waals surface area contributed by atoms with Gasteiger partial charge in [0.05, 0.1) is 27.9 Å². The minimum Gasteiger partial charge on any atom is -0.465 e. The Morgan fingerprint density at radius 2 is 1.82 bits per heavy atom. The maximum absolute atomic E-state index is 12.4. The van der Waals surface area contributed by atoms with Gasteiger partial charge in [-0.1, -0.05) is 34.8 Å². The maximum atomic E-state index is 12.4. The molecule has 1 aromatic heterocycles. The van der Waals surface area contributed by atoms with Crippen LogP contribution in [0.4, 0.5) is 5.69 Å². The average molecular weight is 401 g/mol. The summed E-state index contributed by atoms with van der Waals surface area (Å²) in [6.07, 6.45) is 0. The fraction of sp³-hybridized carbons (Fsp3) is 0.0833. The van der Waals surface area contributed by atoms with Crippen LogP contribution in [0.25, 0.3) is 0 Å². The fourth-order valence-corrected chi connectivity index (χ4v) is 4.46. The van der Waals surface area contributed by atoms with Crippen LogP contribution >= 0.6 is 46.1 Å². The number of carbonyl (C=O) groups excluding carboxylic acids is 1. The third kappa shape index (κ3) is 3.49. The molecule has 118 valence electrons. The van der Waals surface area contributed by atoms with Crippen LogP contribution in [0.5, 0.6) is 0 Å². The SMILES string of the molecule is COC(=O)c1sccc1NS(=O)(=O)c1cc(Cl)c(Cl)cc1Cl. The molecule has 0 aliphatic rings. The number of anilines is 1. The van der Waals surface area contributed by atoms with Crippen LogP contribution in [0.1, 0.15) is 9.67 Å². The van der Waals surface area contributed by atoms with Gasteiger partial charge < -0.3 is 4.74 Å². The number of ether oxygens (including phenoxy) is 1. The van der Waals surface area contributed by atoms with Crippen molar-refractivity contribution >= 4 is 67.8 Å². The molecule has 2 aromatic rings. The molecule has 0 fully saturated rings. The van der Waals surface area contributed by atoms with E-state index in [0.29, 0.717) is 0 Å².